The minimum atomic E-state index is -0.248. The van der Waals surface area contributed by atoms with Crippen molar-refractivity contribution in [2.24, 2.45) is 0 Å². The molecule has 23 heavy (non-hydrogen) atoms. The Labute approximate surface area is 140 Å². The molecule has 0 radical (unpaired) electrons. The smallest absolute Gasteiger partial charge is 0.242 e. The predicted molar refractivity (Wildman–Crippen MR) is 91.2 cm³/mol. The van der Waals surface area contributed by atoms with E-state index in [1.807, 2.05) is 6.92 Å². The van der Waals surface area contributed by atoms with E-state index in [-0.39, 0.29) is 17.9 Å². The van der Waals surface area contributed by atoms with Crippen LogP contribution in [-0.2, 0) is 9.59 Å². The molecular formula is C17H32N4O2. The summed E-state index contributed by atoms with van der Waals surface area (Å²) in [6.07, 6.45) is 5.22. The number of nitrogens with one attached hydrogen (secondary N) is 2. The van der Waals surface area contributed by atoms with Crippen molar-refractivity contribution in [1.82, 2.24) is 20.4 Å². The van der Waals surface area contributed by atoms with Crippen LogP contribution in [0.15, 0.2) is 0 Å². The molecule has 1 atom stereocenters. The van der Waals surface area contributed by atoms with E-state index in [4.69, 9.17) is 0 Å². The minimum absolute atomic E-state index is 0.0365. The van der Waals surface area contributed by atoms with Gasteiger partial charge in [-0.3, -0.25) is 9.59 Å². The summed E-state index contributed by atoms with van der Waals surface area (Å²) in [4.78, 5) is 28.9. The molecule has 0 saturated carbocycles. The molecule has 2 fully saturated rings. The highest BCUT2D eigenvalue weighted by atomic mass is 16.2. The Kier molecular flexibility index (Phi) is 7.82. The van der Waals surface area contributed by atoms with Gasteiger partial charge in [0.15, 0.2) is 0 Å². The molecule has 6 nitrogen and oxygen atoms in total. The minimum Gasteiger partial charge on any atom is -0.354 e. The number of hydrogen-bond acceptors (Lipinski definition) is 4. The van der Waals surface area contributed by atoms with Crippen molar-refractivity contribution >= 4 is 11.8 Å². The third-order valence-electron chi connectivity index (χ3n) is 4.75. The van der Waals surface area contributed by atoms with E-state index >= 15 is 0 Å². The molecule has 0 aliphatic carbocycles. The molecule has 2 N–H and O–H groups in total. The molecule has 132 valence electrons. The molecule has 2 rings (SSSR count). The highest BCUT2D eigenvalue weighted by Gasteiger charge is 2.31. The SMILES string of the molecule is CCCC(=O)N1CCCCC1C(=O)NCCCN1CCNCC1. The molecule has 0 aromatic heterocycles. The van der Waals surface area contributed by atoms with Crippen LogP contribution in [0.25, 0.3) is 0 Å². The number of carbonyl (C=O) groups excluding carboxylic acids is 2. The van der Waals surface area contributed by atoms with Crippen LogP contribution in [0.2, 0.25) is 0 Å². The molecule has 2 saturated heterocycles. The number of carbonyl (C=O) groups is 2. The van der Waals surface area contributed by atoms with Crippen LogP contribution in [0, 0.1) is 0 Å². The van der Waals surface area contributed by atoms with Gasteiger partial charge in [0.2, 0.25) is 11.8 Å². The lowest BCUT2D eigenvalue weighted by molar-refractivity contribution is -0.142. The molecule has 2 heterocycles. The molecule has 1 unspecified atom stereocenters. The Bertz CT molecular complexity index is 383. The second-order valence-electron chi connectivity index (χ2n) is 6.58. The van der Waals surface area contributed by atoms with Gasteiger partial charge in [-0.1, -0.05) is 6.92 Å². The number of amides is 2. The Balaban J connectivity index is 1.70. The van der Waals surface area contributed by atoms with E-state index < -0.39 is 0 Å². The quantitative estimate of drug-likeness (QED) is 0.673. The average Bonchev–Trinajstić information content (AvgIpc) is 2.59. The van der Waals surface area contributed by atoms with Crippen molar-refractivity contribution < 1.29 is 9.59 Å². The molecule has 0 spiro atoms. The van der Waals surface area contributed by atoms with Crippen LogP contribution in [0.5, 0.6) is 0 Å². The van der Waals surface area contributed by atoms with Crippen molar-refractivity contribution in [1.29, 1.82) is 0 Å². The van der Waals surface area contributed by atoms with E-state index in [0.717, 1.165) is 71.4 Å². The summed E-state index contributed by atoms with van der Waals surface area (Å²) in [5.41, 5.74) is 0. The van der Waals surface area contributed by atoms with Gasteiger partial charge in [0.25, 0.3) is 0 Å². The van der Waals surface area contributed by atoms with Gasteiger partial charge in [0, 0.05) is 45.7 Å². The first-order valence-electron chi connectivity index (χ1n) is 9.22. The van der Waals surface area contributed by atoms with Crippen LogP contribution >= 0.6 is 0 Å². The van der Waals surface area contributed by atoms with Gasteiger partial charge in [0.05, 0.1) is 0 Å². The monoisotopic (exact) mass is 324 g/mol. The summed E-state index contributed by atoms with van der Waals surface area (Å²) in [6, 6.07) is -0.248. The molecule has 2 aliphatic heterocycles. The second-order valence-corrected chi connectivity index (χ2v) is 6.58. The number of hydrogen-bond donors (Lipinski definition) is 2. The maximum Gasteiger partial charge on any atom is 0.242 e. The lowest BCUT2D eigenvalue weighted by Crippen LogP contribution is -2.52. The van der Waals surface area contributed by atoms with Gasteiger partial charge >= 0.3 is 0 Å². The number of rotatable bonds is 7. The molecule has 0 aromatic rings. The van der Waals surface area contributed by atoms with Crippen LogP contribution in [-0.4, -0.2) is 73.5 Å². The summed E-state index contributed by atoms with van der Waals surface area (Å²) in [7, 11) is 0. The average molecular weight is 324 g/mol. The van der Waals surface area contributed by atoms with Crippen LogP contribution in [0.3, 0.4) is 0 Å². The number of likely N-dealkylation sites (tertiary alicyclic amines) is 1. The predicted octanol–water partition coefficient (Wildman–Crippen LogP) is 0.579. The van der Waals surface area contributed by atoms with Gasteiger partial charge in [-0.2, -0.15) is 0 Å². The van der Waals surface area contributed by atoms with Crippen molar-refractivity contribution in [3.05, 3.63) is 0 Å². The van der Waals surface area contributed by atoms with Crippen LogP contribution in [0.1, 0.15) is 45.4 Å². The van der Waals surface area contributed by atoms with Gasteiger partial charge in [-0.25, -0.2) is 0 Å². The lowest BCUT2D eigenvalue weighted by atomic mass is 10.0. The maximum atomic E-state index is 12.4. The van der Waals surface area contributed by atoms with Gasteiger partial charge in [-0.15, -0.1) is 0 Å². The molecule has 6 heteroatoms. The third kappa shape index (κ3) is 5.77. The van der Waals surface area contributed by atoms with E-state index in [9.17, 15) is 9.59 Å². The zero-order valence-corrected chi connectivity index (χ0v) is 14.5. The highest BCUT2D eigenvalue weighted by Crippen LogP contribution is 2.18. The standard InChI is InChI=1S/C17H32N4O2/c1-2-6-16(22)21-12-4-3-7-15(21)17(23)19-8-5-11-20-13-9-18-10-14-20/h15,18H,2-14H2,1H3,(H,19,23). The Morgan fingerprint density at radius 1 is 1.17 bits per heavy atom. The van der Waals surface area contributed by atoms with Crippen molar-refractivity contribution in [2.75, 3.05) is 45.8 Å². The molecular weight excluding hydrogens is 292 g/mol. The number of nitrogens with zero attached hydrogens (tertiary/aromatic N) is 2. The fourth-order valence-corrected chi connectivity index (χ4v) is 3.43. The normalized spacial score (nSPS) is 22.8. The van der Waals surface area contributed by atoms with Crippen LogP contribution < -0.4 is 10.6 Å². The van der Waals surface area contributed by atoms with E-state index in [1.54, 1.807) is 4.90 Å². The number of piperazine rings is 1. The zero-order valence-electron chi connectivity index (χ0n) is 14.5. The van der Waals surface area contributed by atoms with Gasteiger partial charge in [0.1, 0.15) is 6.04 Å². The number of piperidine rings is 1. The Morgan fingerprint density at radius 2 is 1.96 bits per heavy atom. The first kappa shape index (κ1) is 18.2. The summed E-state index contributed by atoms with van der Waals surface area (Å²) >= 11 is 0. The molecule has 0 bridgehead atoms. The first-order valence-corrected chi connectivity index (χ1v) is 9.22. The topological polar surface area (TPSA) is 64.7 Å². The van der Waals surface area contributed by atoms with Crippen molar-refractivity contribution in [2.45, 2.75) is 51.5 Å². The summed E-state index contributed by atoms with van der Waals surface area (Å²) in [6.45, 7) is 8.78. The zero-order chi connectivity index (χ0) is 16.5. The van der Waals surface area contributed by atoms with E-state index in [1.165, 1.54) is 0 Å². The van der Waals surface area contributed by atoms with Gasteiger partial charge in [-0.05, 0) is 38.6 Å². The highest BCUT2D eigenvalue weighted by molar-refractivity contribution is 5.87. The molecule has 0 aromatic carbocycles. The van der Waals surface area contributed by atoms with Gasteiger partial charge < -0.3 is 20.4 Å². The Hall–Kier alpha value is -1.14. The van der Waals surface area contributed by atoms with Crippen LogP contribution in [0.4, 0.5) is 0 Å². The lowest BCUT2D eigenvalue weighted by Gasteiger charge is -2.35. The summed E-state index contributed by atoms with van der Waals surface area (Å²) in [5, 5.41) is 6.39. The first-order chi connectivity index (χ1) is 11.2. The maximum absolute atomic E-state index is 12.4. The molecule has 2 aliphatic rings. The third-order valence-corrected chi connectivity index (χ3v) is 4.75. The summed E-state index contributed by atoms with van der Waals surface area (Å²) in [5.74, 6) is 0.169. The molecule has 2 amide bonds. The second kappa shape index (κ2) is 9.88. The van der Waals surface area contributed by atoms with E-state index in [0.29, 0.717) is 13.0 Å². The largest absolute Gasteiger partial charge is 0.354 e. The Morgan fingerprint density at radius 3 is 2.70 bits per heavy atom. The fraction of sp³-hybridized carbons (Fsp3) is 0.882. The summed E-state index contributed by atoms with van der Waals surface area (Å²) < 4.78 is 0. The fourth-order valence-electron chi connectivity index (χ4n) is 3.43. The van der Waals surface area contributed by atoms with Crippen molar-refractivity contribution in [3.63, 3.8) is 0 Å². The van der Waals surface area contributed by atoms with Crippen molar-refractivity contribution in [3.8, 4) is 0 Å². The van der Waals surface area contributed by atoms with E-state index in [2.05, 4.69) is 15.5 Å².